The molecule has 0 fully saturated rings. The molecule has 0 aliphatic heterocycles. The molecule has 0 aliphatic rings. The first-order valence-electron chi connectivity index (χ1n) is 9.63. The highest BCUT2D eigenvalue weighted by Gasteiger charge is 2.29. The predicted octanol–water partition coefficient (Wildman–Crippen LogP) is 5.47. The SMILES string of the molecule is CCC(C(=O)NC(C)C)N(Cc1ccc(Cl)cc1)C(=O)COc1ccc(Cl)cc1Br. The van der Waals surface area contributed by atoms with Gasteiger partial charge in [-0.15, -0.1) is 0 Å². The molecule has 0 heterocycles. The van der Waals surface area contributed by atoms with Crippen LogP contribution in [-0.2, 0) is 16.1 Å². The lowest BCUT2D eigenvalue weighted by molar-refractivity contribution is -0.143. The van der Waals surface area contributed by atoms with E-state index in [4.69, 9.17) is 27.9 Å². The highest BCUT2D eigenvalue weighted by molar-refractivity contribution is 9.10. The summed E-state index contributed by atoms with van der Waals surface area (Å²) in [7, 11) is 0. The summed E-state index contributed by atoms with van der Waals surface area (Å²) in [5, 5.41) is 4.06. The van der Waals surface area contributed by atoms with Gasteiger partial charge in [0.25, 0.3) is 5.91 Å². The minimum absolute atomic E-state index is 0.0275. The fourth-order valence-corrected chi connectivity index (χ4v) is 3.82. The van der Waals surface area contributed by atoms with Crippen LogP contribution in [0.2, 0.25) is 10.0 Å². The molecule has 2 aromatic rings. The third-order valence-electron chi connectivity index (χ3n) is 4.33. The van der Waals surface area contributed by atoms with Gasteiger partial charge in [0.15, 0.2) is 6.61 Å². The van der Waals surface area contributed by atoms with Gasteiger partial charge in [0.05, 0.1) is 4.47 Å². The third-order valence-corrected chi connectivity index (χ3v) is 5.43. The van der Waals surface area contributed by atoms with E-state index in [-0.39, 0.29) is 31.0 Å². The van der Waals surface area contributed by atoms with E-state index in [1.54, 1.807) is 35.2 Å². The number of ether oxygens (including phenoxy) is 1. The van der Waals surface area contributed by atoms with Crippen LogP contribution in [0.4, 0.5) is 0 Å². The summed E-state index contributed by atoms with van der Waals surface area (Å²) in [6.07, 6.45) is 0.475. The van der Waals surface area contributed by atoms with Gasteiger partial charge in [0.2, 0.25) is 5.91 Å². The van der Waals surface area contributed by atoms with Crippen LogP contribution in [0.3, 0.4) is 0 Å². The molecule has 0 radical (unpaired) electrons. The number of carbonyl (C=O) groups is 2. The van der Waals surface area contributed by atoms with Crippen LogP contribution in [0.15, 0.2) is 46.9 Å². The van der Waals surface area contributed by atoms with Gasteiger partial charge < -0.3 is 15.0 Å². The van der Waals surface area contributed by atoms with Crippen molar-refractivity contribution in [1.82, 2.24) is 10.2 Å². The van der Waals surface area contributed by atoms with Crippen molar-refractivity contribution in [3.8, 4) is 5.75 Å². The Kier molecular flexibility index (Phi) is 9.46. The summed E-state index contributed by atoms with van der Waals surface area (Å²) in [6, 6.07) is 11.6. The van der Waals surface area contributed by atoms with Gasteiger partial charge in [0, 0.05) is 22.6 Å². The maximum Gasteiger partial charge on any atom is 0.261 e. The lowest BCUT2D eigenvalue weighted by Crippen LogP contribution is -2.51. The van der Waals surface area contributed by atoms with Crippen molar-refractivity contribution in [2.24, 2.45) is 0 Å². The Bertz CT molecular complexity index is 875. The molecule has 2 aromatic carbocycles. The predicted molar refractivity (Wildman–Crippen MR) is 124 cm³/mol. The molecule has 0 saturated heterocycles. The van der Waals surface area contributed by atoms with E-state index in [2.05, 4.69) is 21.2 Å². The van der Waals surface area contributed by atoms with Crippen LogP contribution in [0.25, 0.3) is 0 Å². The fraction of sp³-hybridized carbons (Fsp3) is 0.364. The van der Waals surface area contributed by atoms with Crippen LogP contribution in [0.1, 0.15) is 32.8 Å². The molecule has 1 atom stereocenters. The minimum Gasteiger partial charge on any atom is -0.483 e. The number of nitrogens with zero attached hydrogens (tertiary/aromatic N) is 1. The highest BCUT2D eigenvalue weighted by atomic mass is 79.9. The van der Waals surface area contributed by atoms with Crippen LogP contribution in [0, 0.1) is 0 Å². The van der Waals surface area contributed by atoms with E-state index in [0.717, 1.165) is 5.56 Å². The number of nitrogens with one attached hydrogen (secondary N) is 1. The van der Waals surface area contributed by atoms with E-state index >= 15 is 0 Å². The summed E-state index contributed by atoms with van der Waals surface area (Å²) in [5.41, 5.74) is 0.872. The van der Waals surface area contributed by atoms with E-state index in [1.165, 1.54) is 0 Å². The monoisotopic (exact) mass is 514 g/mol. The van der Waals surface area contributed by atoms with Crippen molar-refractivity contribution >= 4 is 50.9 Å². The van der Waals surface area contributed by atoms with E-state index in [1.807, 2.05) is 32.9 Å². The Morgan fingerprint density at radius 3 is 2.30 bits per heavy atom. The number of hydrogen-bond donors (Lipinski definition) is 1. The number of benzene rings is 2. The van der Waals surface area contributed by atoms with Crippen LogP contribution in [-0.4, -0.2) is 35.4 Å². The fourth-order valence-electron chi connectivity index (χ4n) is 2.90. The normalized spacial score (nSPS) is 11.8. The molecule has 8 heteroatoms. The number of hydrogen-bond acceptors (Lipinski definition) is 3. The smallest absolute Gasteiger partial charge is 0.261 e. The Hall–Kier alpha value is -1.76. The summed E-state index contributed by atoms with van der Waals surface area (Å²) >= 11 is 15.3. The molecule has 1 N–H and O–H groups in total. The lowest BCUT2D eigenvalue weighted by Gasteiger charge is -2.31. The van der Waals surface area contributed by atoms with Crippen LogP contribution in [0.5, 0.6) is 5.75 Å². The van der Waals surface area contributed by atoms with Gasteiger partial charge in [-0.3, -0.25) is 9.59 Å². The number of carbonyl (C=O) groups excluding carboxylic acids is 2. The molecule has 5 nitrogen and oxygen atoms in total. The molecule has 0 bridgehead atoms. The van der Waals surface area contributed by atoms with E-state index < -0.39 is 6.04 Å². The van der Waals surface area contributed by atoms with Crippen molar-refractivity contribution in [3.63, 3.8) is 0 Å². The Morgan fingerprint density at radius 1 is 1.10 bits per heavy atom. The standard InChI is InChI=1S/C22H25BrCl2N2O3/c1-4-19(22(29)26-14(2)3)27(12-15-5-7-16(24)8-6-15)21(28)13-30-20-10-9-17(25)11-18(20)23/h5-11,14,19H,4,12-13H2,1-3H3,(H,26,29). The maximum atomic E-state index is 13.1. The molecule has 2 amide bonds. The molecule has 0 aromatic heterocycles. The zero-order valence-corrected chi connectivity index (χ0v) is 20.2. The maximum absolute atomic E-state index is 13.1. The minimum atomic E-state index is -0.618. The molecule has 0 spiro atoms. The van der Waals surface area contributed by atoms with Gasteiger partial charge >= 0.3 is 0 Å². The Labute approximate surface area is 195 Å². The van der Waals surface area contributed by atoms with Crippen molar-refractivity contribution in [1.29, 1.82) is 0 Å². The van der Waals surface area contributed by atoms with Crippen molar-refractivity contribution < 1.29 is 14.3 Å². The topological polar surface area (TPSA) is 58.6 Å². The second kappa shape index (κ2) is 11.6. The average molecular weight is 516 g/mol. The second-order valence-electron chi connectivity index (χ2n) is 7.10. The van der Waals surface area contributed by atoms with Gasteiger partial charge in [-0.1, -0.05) is 42.3 Å². The van der Waals surface area contributed by atoms with E-state index in [9.17, 15) is 9.59 Å². The Balaban J connectivity index is 2.22. The molecule has 162 valence electrons. The van der Waals surface area contributed by atoms with Crippen molar-refractivity contribution in [2.75, 3.05) is 6.61 Å². The molecule has 30 heavy (non-hydrogen) atoms. The quantitative estimate of drug-likeness (QED) is 0.482. The number of amides is 2. The molecule has 0 aliphatic carbocycles. The number of rotatable bonds is 9. The summed E-state index contributed by atoms with van der Waals surface area (Å²) in [5.74, 6) is 0.0129. The van der Waals surface area contributed by atoms with Crippen LogP contribution >= 0.6 is 39.1 Å². The zero-order chi connectivity index (χ0) is 22.3. The van der Waals surface area contributed by atoms with Crippen LogP contribution < -0.4 is 10.1 Å². The lowest BCUT2D eigenvalue weighted by atomic mass is 10.1. The molecule has 0 saturated carbocycles. The first kappa shape index (κ1) is 24.5. The van der Waals surface area contributed by atoms with Crippen molar-refractivity contribution in [2.45, 2.75) is 45.8 Å². The first-order chi connectivity index (χ1) is 14.2. The summed E-state index contributed by atoms with van der Waals surface area (Å²) in [4.78, 5) is 27.4. The zero-order valence-electron chi connectivity index (χ0n) is 17.1. The molecular formula is C22H25BrCl2N2O3. The average Bonchev–Trinajstić information content (AvgIpc) is 2.68. The summed E-state index contributed by atoms with van der Waals surface area (Å²) in [6.45, 7) is 5.71. The first-order valence-corrected chi connectivity index (χ1v) is 11.2. The van der Waals surface area contributed by atoms with Gasteiger partial charge in [-0.25, -0.2) is 0 Å². The number of halogens is 3. The van der Waals surface area contributed by atoms with Gasteiger partial charge in [0.1, 0.15) is 11.8 Å². The van der Waals surface area contributed by atoms with Gasteiger partial charge in [-0.05, 0) is 72.1 Å². The largest absolute Gasteiger partial charge is 0.483 e. The highest BCUT2D eigenvalue weighted by Crippen LogP contribution is 2.28. The summed E-state index contributed by atoms with van der Waals surface area (Å²) < 4.78 is 6.35. The second-order valence-corrected chi connectivity index (χ2v) is 8.83. The Morgan fingerprint density at radius 2 is 1.73 bits per heavy atom. The molecule has 1 unspecified atom stereocenters. The van der Waals surface area contributed by atoms with Crippen molar-refractivity contribution in [3.05, 3.63) is 62.5 Å². The third kappa shape index (κ3) is 7.18. The molecular weight excluding hydrogens is 491 g/mol. The molecule has 2 rings (SSSR count). The van der Waals surface area contributed by atoms with Gasteiger partial charge in [-0.2, -0.15) is 0 Å². The van der Waals surface area contributed by atoms with E-state index in [0.29, 0.717) is 26.7 Å².